The van der Waals surface area contributed by atoms with Crippen LogP contribution in [-0.2, 0) is 6.54 Å². The van der Waals surface area contributed by atoms with Crippen molar-refractivity contribution in [2.24, 2.45) is 0 Å². The molecule has 1 aliphatic heterocycles. The summed E-state index contributed by atoms with van der Waals surface area (Å²) in [6.07, 6.45) is 1.95. The topological polar surface area (TPSA) is 95.8 Å². The number of phenolic OH excluding ortho intramolecular Hbond substituents is 1. The minimum atomic E-state index is -0.263. The number of ether oxygens (including phenoxy) is 1. The molecule has 2 aromatic carbocycles. The van der Waals surface area contributed by atoms with E-state index in [1.807, 2.05) is 18.2 Å². The van der Waals surface area contributed by atoms with Gasteiger partial charge in [-0.1, -0.05) is 26.0 Å². The van der Waals surface area contributed by atoms with Gasteiger partial charge in [0.25, 0.3) is 5.91 Å². The van der Waals surface area contributed by atoms with Gasteiger partial charge in [-0.3, -0.25) is 19.2 Å². The van der Waals surface area contributed by atoms with Crippen LogP contribution in [0.3, 0.4) is 0 Å². The van der Waals surface area contributed by atoms with Crippen molar-refractivity contribution in [1.82, 2.24) is 29.9 Å². The van der Waals surface area contributed by atoms with Crippen LogP contribution in [-0.4, -0.2) is 81.0 Å². The number of aromatic nitrogens is 3. The van der Waals surface area contributed by atoms with Crippen LogP contribution >= 0.6 is 0 Å². The molecule has 9 nitrogen and oxygen atoms in total. The molecular formula is C30H40N6O3. The monoisotopic (exact) mass is 532 g/mol. The van der Waals surface area contributed by atoms with Crippen LogP contribution in [0.1, 0.15) is 68.2 Å². The molecule has 1 saturated heterocycles. The highest BCUT2D eigenvalue weighted by atomic mass is 16.5. The molecule has 1 saturated carbocycles. The lowest BCUT2D eigenvalue weighted by atomic mass is 9.98. The molecular weight excluding hydrogens is 492 g/mol. The molecule has 208 valence electrons. The molecule has 9 heteroatoms. The Balaban J connectivity index is 1.47. The number of aromatic hydroxyl groups is 1. The molecule has 2 aliphatic rings. The quantitative estimate of drug-likeness (QED) is 0.427. The van der Waals surface area contributed by atoms with Gasteiger partial charge in [-0.25, -0.2) is 0 Å². The first-order valence-electron chi connectivity index (χ1n) is 14.0. The van der Waals surface area contributed by atoms with Gasteiger partial charge in [0.15, 0.2) is 5.82 Å². The normalized spacial score (nSPS) is 16.7. The van der Waals surface area contributed by atoms with Gasteiger partial charge in [0.1, 0.15) is 11.5 Å². The number of phenols is 1. The number of carbonyl (C=O) groups excluding carboxylic acids is 1. The maximum absolute atomic E-state index is 13.2. The summed E-state index contributed by atoms with van der Waals surface area (Å²) in [7, 11) is 1.59. The van der Waals surface area contributed by atoms with Crippen LogP contribution in [0.5, 0.6) is 11.5 Å². The van der Waals surface area contributed by atoms with Crippen molar-refractivity contribution in [2.45, 2.75) is 65.1 Å². The van der Waals surface area contributed by atoms with E-state index >= 15 is 0 Å². The number of piperazine rings is 1. The SMILES string of the molecule is COc1cc(O)c(-c2nnc(C(=O)NC3CC3)n2-c2ccc(CN3CCN(C(C)C)CC3)cc2)cc1C(C)C. The zero-order valence-electron chi connectivity index (χ0n) is 23.6. The van der Waals surface area contributed by atoms with Crippen molar-refractivity contribution in [1.29, 1.82) is 0 Å². The number of rotatable bonds is 9. The lowest BCUT2D eigenvalue weighted by Gasteiger charge is -2.36. The second kappa shape index (κ2) is 11.4. The Hall–Kier alpha value is -3.43. The van der Waals surface area contributed by atoms with Gasteiger partial charge in [0, 0.05) is 56.6 Å². The zero-order valence-corrected chi connectivity index (χ0v) is 23.6. The average molecular weight is 533 g/mol. The van der Waals surface area contributed by atoms with E-state index < -0.39 is 0 Å². The van der Waals surface area contributed by atoms with Gasteiger partial charge in [0.05, 0.1) is 12.7 Å². The van der Waals surface area contributed by atoms with Gasteiger partial charge < -0.3 is 15.2 Å². The number of nitrogens with zero attached hydrogens (tertiary/aromatic N) is 5. The van der Waals surface area contributed by atoms with Crippen molar-refractivity contribution in [3.05, 3.63) is 53.3 Å². The van der Waals surface area contributed by atoms with Gasteiger partial charge >= 0.3 is 0 Å². The molecule has 0 spiro atoms. The fourth-order valence-corrected chi connectivity index (χ4v) is 5.17. The molecule has 0 unspecified atom stereocenters. The molecule has 2 N–H and O–H groups in total. The maximum atomic E-state index is 13.2. The minimum Gasteiger partial charge on any atom is -0.507 e. The molecule has 0 bridgehead atoms. The first kappa shape index (κ1) is 27.1. The Morgan fingerprint density at radius 3 is 2.33 bits per heavy atom. The molecule has 1 amide bonds. The molecule has 0 atom stereocenters. The molecule has 2 heterocycles. The van der Waals surface area contributed by atoms with E-state index in [-0.39, 0.29) is 29.4 Å². The van der Waals surface area contributed by atoms with Crippen LogP contribution in [0.15, 0.2) is 36.4 Å². The van der Waals surface area contributed by atoms with E-state index in [9.17, 15) is 9.90 Å². The Morgan fingerprint density at radius 2 is 1.74 bits per heavy atom. The molecule has 3 aromatic rings. The first-order chi connectivity index (χ1) is 18.7. The highest BCUT2D eigenvalue weighted by molar-refractivity contribution is 5.92. The summed E-state index contributed by atoms with van der Waals surface area (Å²) in [6, 6.07) is 12.5. The van der Waals surface area contributed by atoms with E-state index in [0.717, 1.165) is 56.8 Å². The molecule has 5 rings (SSSR count). The molecule has 39 heavy (non-hydrogen) atoms. The predicted octanol–water partition coefficient (Wildman–Crippen LogP) is 4.19. The zero-order chi connectivity index (χ0) is 27.7. The Bertz CT molecular complexity index is 1300. The summed E-state index contributed by atoms with van der Waals surface area (Å²) in [5.41, 5.74) is 3.43. The lowest BCUT2D eigenvalue weighted by Crippen LogP contribution is -2.48. The predicted molar refractivity (Wildman–Crippen MR) is 152 cm³/mol. The fourth-order valence-electron chi connectivity index (χ4n) is 5.17. The third kappa shape index (κ3) is 5.94. The fraction of sp³-hybridized carbons (Fsp3) is 0.500. The number of methoxy groups -OCH3 is 1. The van der Waals surface area contributed by atoms with Crippen LogP contribution in [0, 0.1) is 0 Å². The second-order valence-corrected chi connectivity index (χ2v) is 11.3. The van der Waals surface area contributed by atoms with E-state index in [0.29, 0.717) is 23.2 Å². The number of hydrogen-bond acceptors (Lipinski definition) is 7. The molecule has 1 aliphatic carbocycles. The smallest absolute Gasteiger partial charge is 0.289 e. The molecule has 2 fully saturated rings. The van der Waals surface area contributed by atoms with Gasteiger partial charge in [0.2, 0.25) is 5.82 Å². The van der Waals surface area contributed by atoms with Crippen LogP contribution in [0.4, 0.5) is 0 Å². The minimum absolute atomic E-state index is 0.0243. The van der Waals surface area contributed by atoms with Gasteiger partial charge in [-0.15, -0.1) is 10.2 Å². The van der Waals surface area contributed by atoms with Gasteiger partial charge in [-0.2, -0.15) is 0 Å². The summed E-state index contributed by atoms with van der Waals surface area (Å²) >= 11 is 0. The summed E-state index contributed by atoms with van der Waals surface area (Å²) < 4.78 is 7.25. The lowest BCUT2D eigenvalue weighted by molar-refractivity contribution is 0.0938. The third-order valence-electron chi connectivity index (χ3n) is 7.73. The largest absolute Gasteiger partial charge is 0.507 e. The standard InChI is InChI=1S/C30H40N6O3/c1-19(2)24-16-25(26(37)17-27(24)39-5)28-32-33-29(30(38)31-22-8-9-22)36(28)23-10-6-21(7-11-23)18-34-12-14-35(15-13-34)20(3)4/h6-7,10-11,16-17,19-20,22,37H,8-9,12-15,18H2,1-5H3,(H,31,38). The second-order valence-electron chi connectivity index (χ2n) is 11.3. The average Bonchev–Trinajstić information content (AvgIpc) is 3.63. The van der Waals surface area contributed by atoms with Crippen molar-refractivity contribution < 1.29 is 14.6 Å². The number of carbonyl (C=O) groups is 1. The highest BCUT2D eigenvalue weighted by Gasteiger charge is 2.29. The number of hydrogen-bond donors (Lipinski definition) is 2. The third-order valence-corrected chi connectivity index (χ3v) is 7.73. The summed E-state index contributed by atoms with van der Waals surface area (Å²) in [5, 5.41) is 22.7. The Labute approximate surface area is 230 Å². The Morgan fingerprint density at radius 1 is 1.05 bits per heavy atom. The number of benzene rings is 2. The summed E-state index contributed by atoms with van der Waals surface area (Å²) in [4.78, 5) is 18.2. The van der Waals surface area contributed by atoms with E-state index in [1.165, 1.54) is 5.56 Å². The van der Waals surface area contributed by atoms with Crippen molar-refractivity contribution in [3.8, 4) is 28.6 Å². The summed E-state index contributed by atoms with van der Waals surface area (Å²) in [6.45, 7) is 13.8. The molecule has 1 aromatic heterocycles. The van der Waals surface area contributed by atoms with Crippen LogP contribution < -0.4 is 10.1 Å². The van der Waals surface area contributed by atoms with E-state index in [4.69, 9.17) is 4.74 Å². The van der Waals surface area contributed by atoms with Crippen molar-refractivity contribution in [3.63, 3.8) is 0 Å². The number of amides is 1. The van der Waals surface area contributed by atoms with Gasteiger partial charge in [-0.05, 0) is 61.9 Å². The molecule has 0 radical (unpaired) electrons. The number of nitrogens with one attached hydrogen (secondary N) is 1. The van der Waals surface area contributed by atoms with Crippen LogP contribution in [0.25, 0.3) is 17.1 Å². The van der Waals surface area contributed by atoms with Crippen LogP contribution in [0.2, 0.25) is 0 Å². The Kier molecular flexibility index (Phi) is 7.91. The van der Waals surface area contributed by atoms with Crippen molar-refractivity contribution >= 4 is 5.91 Å². The highest BCUT2D eigenvalue weighted by Crippen LogP contribution is 2.38. The maximum Gasteiger partial charge on any atom is 0.289 e. The first-order valence-corrected chi connectivity index (χ1v) is 14.0. The van der Waals surface area contributed by atoms with Crippen molar-refractivity contribution in [2.75, 3.05) is 33.3 Å². The van der Waals surface area contributed by atoms with E-state index in [2.05, 4.69) is 65.1 Å². The summed E-state index contributed by atoms with van der Waals surface area (Å²) in [5.74, 6) is 1.15. The van der Waals surface area contributed by atoms with E-state index in [1.54, 1.807) is 17.7 Å².